The van der Waals surface area contributed by atoms with E-state index >= 15 is 0 Å². The maximum absolute atomic E-state index is 12.1. The van der Waals surface area contributed by atoms with Crippen molar-refractivity contribution in [1.29, 1.82) is 0 Å². The molecule has 0 spiro atoms. The molecule has 6 heteroatoms. The summed E-state index contributed by atoms with van der Waals surface area (Å²) in [4.78, 5) is 22.4. The highest BCUT2D eigenvalue weighted by Gasteiger charge is 2.25. The van der Waals surface area contributed by atoms with Gasteiger partial charge in [0.2, 0.25) is 0 Å². The minimum atomic E-state index is -0.634. The number of carbonyl (C=O) groups is 1. The lowest BCUT2D eigenvalue weighted by atomic mass is 9.82. The molecule has 0 aliphatic heterocycles. The van der Waals surface area contributed by atoms with Gasteiger partial charge in [-0.3, -0.25) is 14.9 Å². The van der Waals surface area contributed by atoms with Gasteiger partial charge >= 0.3 is 5.69 Å². The van der Waals surface area contributed by atoms with E-state index in [9.17, 15) is 14.9 Å². The minimum absolute atomic E-state index is 0.0105. The van der Waals surface area contributed by atoms with Gasteiger partial charge in [0, 0.05) is 6.54 Å². The van der Waals surface area contributed by atoms with Gasteiger partial charge in [-0.1, -0.05) is 45.4 Å². The molecule has 0 bridgehead atoms. The summed E-state index contributed by atoms with van der Waals surface area (Å²) >= 11 is 5.78. The normalized spacial score (nSPS) is 12.8. The molecule has 0 aromatic heterocycles. The number of nitro benzene ring substituents is 1. The van der Waals surface area contributed by atoms with Gasteiger partial charge in [-0.15, -0.1) is 0 Å². The van der Waals surface area contributed by atoms with Crippen molar-refractivity contribution < 1.29 is 9.72 Å². The Kier molecular flexibility index (Phi) is 5.11. The van der Waals surface area contributed by atoms with E-state index in [1.807, 2.05) is 6.92 Å². The van der Waals surface area contributed by atoms with Crippen molar-refractivity contribution >= 4 is 23.2 Å². The van der Waals surface area contributed by atoms with Crippen LogP contribution >= 0.6 is 11.6 Å². The van der Waals surface area contributed by atoms with Crippen molar-refractivity contribution in [1.82, 2.24) is 5.32 Å². The van der Waals surface area contributed by atoms with Crippen LogP contribution in [0.2, 0.25) is 5.02 Å². The molecule has 1 amide bonds. The molecule has 20 heavy (non-hydrogen) atoms. The van der Waals surface area contributed by atoms with Crippen LogP contribution in [0, 0.1) is 21.4 Å². The van der Waals surface area contributed by atoms with Crippen LogP contribution in [-0.2, 0) is 0 Å². The van der Waals surface area contributed by atoms with E-state index in [0.29, 0.717) is 6.54 Å². The lowest BCUT2D eigenvalue weighted by molar-refractivity contribution is -0.385. The third-order valence-corrected chi connectivity index (χ3v) is 3.77. The van der Waals surface area contributed by atoms with E-state index in [1.54, 1.807) is 0 Å². The van der Waals surface area contributed by atoms with Crippen LogP contribution in [0.1, 0.15) is 38.1 Å². The Bertz CT molecular complexity index is 524. The van der Waals surface area contributed by atoms with Crippen molar-refractivity contribution in [2.45, 2.75) is 27.7 Å². The molecule has 0 aliphatic carbocycles. The van der Waals surface area contributed by atoms with Gasteiger partial charge in [-0.25, -0.2) is 0 Å². The van der Waals surface area contributed by atoms with Gasteiger partial charge in [-0.2, -0.15) is 0 Å². The first-order chi connectivity index (χ1) is 9.14. The van der Waals surface area contributed by atoms with Crippen molar-refractivity contribution in [3.05, 3.63) is 38.9 Å². The summed E-state index contributed by atoms with van der Waals surface area (Å²) in [5.41, 5.74) is -0.313. The Balaban J connectivity index is 2.89. The molecule has 1 atom stereocenters. The second-order valence-electron chi connectivity index (χ2n) is 5.87. The predicted molar refractivity (Wildman–Crippen MR) is 79.1 cm³/mol. The summed E-state index contributed by atoms with van der Waals surface area (Å²) < 4.78 is 0. The number of nitrogens with one attached hydrogen (secondary N) is 1. The fourth-order valence-electron chi connectivity index (χ4n) is 1.53. The van der Waals surface area contributed by atoms with E-state index in [-0.39, 0.29) is 27.6 Å². The largest absolute Gasteiger partial charge is 0.352 e. The van der Waals surface area contributed by atoms with Gasteiger partial charge in [0.1, 0.15) is 10.6 Å². The van der Waals surface area contributed by atoms with Gasteiger partial charge in [0.05, 0.1) is 4.92 Å². The van der Waals surface area contributed by atoms with Gasteiger partial charge in [-0.05, 0) is 23.5 Å². The zero-order valence-corrected chi connectivity index (χ0v) is 12.8. The number of nitrogens with zero attached hydrogens (tertiary/aromatic N) is 1. The highest BCUT2D eigenvalue weighted by molar-refractivity contribution is 6.33. The summed E-state index contributed by atoms with van der Waals surface area (Å²) in [7, 11) is 0. The highest BCUT2D eigenvalue weighted by atomic mass is 35.5. The predicted octanol–water partition coefficient (Wildman–Crippen LogP) is 3.66. The van der Waals surface area contributed by atoms with Crippen molar-refractivity contribution in [2.75, 3.05) is 6.54 Å². The fourth-order valence-corrected chi connectivity index (χ4v) is 1.77. The monoisotopic (exact) mass is 298 g/mol. The number of benzene rings is 1. The molecule has 1 rings (SSSR count). The molecular formula is C14H19ClN2O3. The Morgan fingerprint density at radius 3 is 2.55 bits per heavy atom. The Labute approximate surface area is 123 Å². The smallest absolute Gasteiger partial charge is 0.300 e. The number of hydrogen-bond donors (Lipinski definition) is 1. The zero-order valence-electron chi connectivity index (χ0n) is 12.1. The van der Waals surface area contributed by atoms with E-state index in [0.717, 1.165) is 0 Å². The van der Waals surface area contributed by atoms with Crippen molar-refractivity contribution in [3.63, 3.8) is 0 Å². The molecule has 0 radical (unpaired) electrons. The summed E-state index contributed by atoms with van der Waals surface area (Å²) in [6.45, 7) is 8.70. The number of rotatable bonds is 4. The van der Waals surface area contributed by atoms with Crippen LogP contribution in [0.4, 0.5) is 5.69 Å². The minimum Gasteiger partial charge on any atom is -0.352 e. The summed E-state index contributed by atoms with van der Waals surface area (Å²) in [5, 5.41) is 13.7. The summed E-state index contributed by atoms with van der Waals surface area (Å²) in [6, 6.07) is 4.33. The molecule has 5 nitrogen and oxygen atoms in total. The standard InChI is InChI=1S/C14H19ClN2O3/c1-9(14(2,3)4)8-16-13(18)10-6-5-7-11(15)12(10)17(19)20/h5-7,9H,8H2,1-4H3,(H,16,18). The van der Waals surface area contributed by atoms with Crippen LogP contribution in [0.25, 0.3) is 0 Å². The average Bonchev–Trinajstić information content (AvgIpc) is 2.33. The van der Waals surface area contributed by atoms with Crippen LogP contribution in [-0.4, -0.2) is 17.4 Å². The Morgan fingerprint density at radius 1 is 1.45 bits per heavy atom. The van der Waals surface area contributed by atoms with Gasteiger partial charge in [0.15, 0.2) is 0 Å². The maximum atomic E-state index is 12.1. The summed E-state index contributed by atoms with van der Waals surface area (Å²) in [6.07, 6.45) is 0. The Morgan fingerprint density at radius 2 is 2.05 bits per heavy atom. The molecule has 1 aromatic carbocycles. The Hall–Kier alpha value is -1.62. The molecule has 0 fully saturated rings. The topological polar surface area (TPSA) is 72.2 Å². The van der Waals surface area contributed by atoms with E-state index < -0.39 is 10.8 Å². The number of carbonyl (C=O) groups excluding carboxylic acids is 1. The van der Waals surface area contributed by atoms with E-state index in [1.165, 1.54) is 18.2 Å². The molecule has 0 saturated carbocycles. The second kappa shape index (κ2) is 6.22. The van der Waals surface area contributed by atoms with E-state index in [4.69, 9.17) is 11.6 Å². The summed E-state index contributed by atoms with van der Waals surface area (Å²) in [5.74, 6) is -0.236. The van der Waals surface area contributed by atoms with Gasteiger partial charge in [0.25, 0.3) is 5.91 Å². The van der Waals surface area contributed by atoms with Crippen LogP contribution in [0.5, 0.6) is 0 Å². The lowest BCUT2D eigenvalue weighted by Crippen LogP contribution is -2.34. The van der Waals surface area contributed by atoms with E-state index in [2.05, 4.69) is 26.1 Å². The fraction of sp³-hybridized carbons (Fsp3) is 0.500. The molecular weight excluding hydrogens is 280 g/mol. The van der Waals surface area contributed by atoms with Crippen molar-refractivity contribution in [2.24, 2.45) is 11.3 Å². The lowest BCUT2D eigenvalue weighted by Gasteiger charge is -2.27. The molecule has 0 saturated heterocycles. The van der Waals surface area contributed by atoms with Gasteiger partial charge < -0.3 is 5.32 Å². The zero-order chi connectivity index (χ0) is 15.5. The molecule has 0 aliphatic rings. The number of amides is 1. The quantitative estimate of drug-likeness (QED) is 0.681. The molecule has 1 unspecified atom stereocenters. The number of hydrogen-bond acceptors (Lipinski definition) is 3. The van der Waals surface area contributed by atoms with Crippen LogP contribution < -0.4 is 5.32 Å². The first-order valence-corrected chi connectivity index (χ1v) is 6.73. The third-order valence-electron chi connectivity index (χ3n) is 3.46. The molecule has 1 aromatic rings. The average molecular weight is 299 g/mol. The van der Waals surface area contributed by atoms with Crippen LogP contribution in [0.15, 0.2) is 18.2 Å². The maximum Gasteiger partial charge on any atom is 0.300 e. The molecule has 1 N–H and O–H groups in total. The first-order valence-electron chi connectivity index (χ1n) is 6.35. The number of para-hydroxylation sites is 1. The number of nitro groups is 1. The molecule has 110 valence electrons. The van der Waals surface area contributed by atoms with Crippen molar-refractivity contribution in [3.8, 4) is 0 Å². The SMILES string of the molecule is CC(CNC(=O)c1cccc(Cl)c1[N+](=O)[O-])C(C)(C)C. The second-order valence-corrected chi connectivity index (χ2v) is 6.28. The number of halogens is 1. The third kappa shape index (κ3) is 3.93. The molecule has 0 heterocycles. The first kappa shape index (κ1) is 16.4. The highest BCUT2D eigenvalue weighted by Crippen LogP contribution is 2.28. The van der Waals surface area contributed by atoms with Crippen LogP contribution in [0.3, 0.4) is 0 Å².